The van der Waals surface area contributed by atoms with Gasteiger partial charge < -0.3 is 5.11 Å². The lowest BCUT2D eigenvalue weighted by molar-refractivity contribution is 0.392. The average Bonchev–Trinajstić information content (AvgIpc) is 2.83. The Morgan fingerprint density at radius 3 is 2.32 bits per heavy atom. The van der Waals surface area contributed by atoms with Crippen LogP contribution in [0, 0.1) is 13.8 Å². The van der Waals surface area contributed by atoms with Crippen LogP contribution < -0.4 is 13.7 Å². The summed E-state index contributed by atoms with van der Waals surface area (Å²) >= 11 is 0. The molecule has 8 nitrogen and oxygen atoms in total. The van der Waals surface area contributed by atoms with Gasteiger partial charge in [-0.2, -0.15) is 8.42 Å². The predicted octanol–water partition coefficient (Wildman–Crippen LogP) is 2.28. The van der Waals surface area contributed by atoms with Gasteiger partial charge in [-0.05, 0) is 49.1 Å². The molecule has 3 N–H and O–H groups in total. The van der Waals surface area contributed by atoms with Gasteiger partial charge in [-0.3, -0.25) is 4.72 Å². The van der Waals surface area contributed by atoms with Crippen molar-refractivity contribution in [1.29, 1.82) is 0 Å². The van der Waals surface area contributed by atoms with Crippen LogP contribution in [0.3, 0.4) is 0 Å². The molecule has 1 aliphatic heterocycles. The van der Waals surface area contributed by atoms with E-state index in [2.05, 4.69) is 4.72 Å². The van der Waals surface area contributed by atoms with Crippen LogP contribution in [0.1, 0.15) is 22.3 Å². The largest absolute Gasteiger partial charge is 0.493 e. The van der Waals surface area contributed by atoms with Crippen molar-refractivity contribution in [3.63, 3.8) is 0 Å². The van der Waals surface area contributed by atoms with Gasteiger partial charge >= 0.3 is 10.2 Å². The summed E-state index contributed by atoms with van der Waals surface area (Å²) in [4.78, 5) is 0. The Bertz CT molecular complexity index is 1150. The molecule has 0 saturated carbocycles. The fraction of sp³-hybridized carbons (Fsp3) is 0.222. The highest BCUT2D eigenvalue weighted by Gasteiger charge is 2.28. The average molecular weight is 424 g/mol. The second-order valence-corrected chi connectivity index (χ2v) is 10.0. The highest BCUT2D eigenvalue weighted by Crippen LogP contribution is 2.28. The maximum Gasteiger partial charge on any atom is 0.330 e. The van der Waals surface area contributed by atoms with Gasteiger partial charge in [0.05, 0.1) is 23.8 Å². The number of benzene rings is 2. The zero-order valence-electron chi connectivity index (χ0n) is 15.6. The van der Waals surface area contributed by atoms with Gasteiger partial charge in [0.25, 0.3) is 0 Å². The summed E-state index contributed by atoms with van der Waals surface area (Å²) in [6.07, 6.45) is 2.66. The molecule has 0 radical (unpaired) electrons. The molecule has 0 amide bonds. The lowest BCUT2D eigenvalue weighted by Crippen LogP contribution is -2.29. The van der Waals surface area contributed by atoms with Gasteiger partial charge in [-0.25, -0.2) is 17.4 Å². The van der Waals surface area contributed by atoms with Crippen LogP contribution in [0.4, 0.5) is 11.4 Å². The Morgan fingerprint density at radius 2 is 1.79 bits per heavy atom. The van der Waals surface area contributed by atoms with E-state index < -0.39 is 26.1 Å². The van der Waals surface area contributed by atoms with E-state index in [9.17, 15) is 21.9 Å². The first-order chi connectivity index (χ1) is 12.9. The van der Waals surface area contributed by atoms with Gasteiger partial charge in [0, 0.05) is 0 Å². The summed E-state index contributed by atoms with van der Waals surface area (Å²) in [6, 6.07) is 10.6. The first-order valence-electron chi connectivity index (χ1n) is 8.34. The number of nitrogens with one attached hydrogen (secondary N) is 2. The third kappa shape index (κ3) is 4.39. The third-order valence-corrected chi connectivity index (χ3v) is 6.04. The summed E-state index contributed by atoms with van der Waals surface area (Å²) in [6.45, 7) is 3.78. The Hall–Kier alpha value is -2.72. The van der Waals surface area contributed by atoms with Crippen molar-refractivity contribution in [3.8, 4) is 0 Å². The smallest absolute Gasteiger partial charge is 0.330 e. The van der Waals surface area contributed by atoms with E-state index in [0.717, 1.165) is 39.0 Å². The minimum absolute atomic E-state index is 0.371. The minimum Gasteiger partial charge on any atom is -0.493 e. The Kier molecular flexibility index (Phi) is 5.02. The van der Waals surface area contributed by atoms with Gasteiger partial charge in [0.2, 0.25) is 15.9 Å². The van der Waals surface area contributed by atoms with E-state index in [4.69, 9.17) is 0 Å². The van der Waals surface area contributed by atoms with E-state index >= 15 is 0 Å². The van der Waals surface area contributed by atoms with Gasteiger partial charge in [0.15, 0.2) is 0 Å². The molecule has 2 aromatic carbocycles. The van der Waals surface area contributed by atoms with Crippen LogP contribution in [-0.2, 0) is 26.7 Å². The first-order valence-corrected chi connectivity index (χ1v) is 11.7. The van der Waals surface area contributed by atoms with Crippen molar-refractivity contribution < 1.29 is 21.9 Å². The Labute approximate surface area is 164 Å². The van der Waals surface area contributed by atoms with E-state index in [1.165, 1.54) is 0 Å². The number of aliphatic hydroxyl groups excluding tert-OH is 1. The number of sulfonamides is 1. The van der Waals surface area contributed by atoms with Crippen LogP contribution in [0.25, 0.3) is 0 Å². The first kappa shape index (κ1) is 20.0. The highest BCUT2D eigenvalue weighted by atomic mass is 32.2. The Morgan fingerprint density at radius 1 is 1.14 bits per heavy atom. The third-order valence-electron chi connectivity index (χ3n) is 4.17. The molecule has 2 aromatic rings. The second kappa shape index (κ2) is 7.02. The number of hydrogen-bond acceptors (Lipinski definition) is 5. The monoisotopic (exact) mass is 423 g/mol. The fourth-order valence-corrected chi connectivity index (χ4v) is 4.82. The molecular formula is C18H21N3O5S2. The zero-order valence-corrected chi connectivity index (χ0v) is 17.2. The number of rotatable bonds is 5. The van der Waals surface area contributed by atoms with Crippen molar-refractivity contribution in [2.75, 3.05) is 15.3 Å². The van der Waals surface area contributed by atoms with Crippen molar-refractivity contribution >= 4 is 31.6 Å². The standard InChI is InChI=1S/C18H21N3O5S2/c1-12-8-13(2)18(20-27(3,23)24)15(9-12)10-14-4-6-16(7-5-14)21-11-17(22)19-28(21,25)26/h4-9,11,19-20,22H,10H2,1-3H3. The normalized spacial score (nSPS) is 15.8. The fourth-order valence-electron chi connectivity index (χ4n) is 3.11. The van der Waals surface area contributed by atoms with Crippen molar-refractivity contribution in [3.05, 3.63) is 70.7 Å². The number of anilines is 2. The number of aryl methyl sites for hydroxylation is 2. The minimum atomic E-state index is -3.84. The van der Waals surface area contributed by atoms with Crippen LogP contribution in [0.2, 0.25) is 0 Å². The molecule has 1 aliphatic rings. The molecule has 0 saturated heterocycles. The highest BCUT2D eigenvalue weighted by molar-refractivity contribution is 7.92. The molecule has 28 heavy (non-hydrogen) atoms. The lowest BCUT2D eigenvalue weighted by atomic mass is 9.98. The maximum absolute atomic E-state index is 11.9. The molecule has 0 spiro atoms. The molecule has 0 fully saturated rings. The topological polar surface area (TPSA) is 116 Å². The molecular weight excluding hydrogens is 402 g/mol. The summed E-state index contributed by atoms with van der Waals surface area (Å²) in [5.74, 6) is -0.448. The quantitative estimate of drug-likeness (QED) is 0.682. The maximum atomic E-state index is 11.9. The molecule has 1 heterocycles. The summed E-state index contributed by atoms with van der Waals surface area (Å²) < 4.78 is 52.8. The summed E-state index contributed by atoms with van der Waals surface area (Å²) in [5.41, 5.74) is 4.46. The number of hydrogen-bond donors (Lipinski definition) is 3. The van der Waals surface area contributed by atoms with Crippen molar-refractivity contribution in [2.45, 2.75) is 20.3 Å². The van der Waals surface area contributed by atoms with Crippen LogP contribution in [-0.4, -0.2) is 28.2 Å². The molecule has 0 aromatic heterocycles. The predicted molar refractivity (Wildman–Crippen MR) is 109 cm³/mol. The molecule has 0 aliphatic carbocycles. The zero-order chi connectivity index (χ0) is 20.7. The van der Waals surface area contributed by atoms with E-state index in [0.29, 0.717) is 17.8 Å². The van der Waals surface area contributed by atoms with Crippen LogP contribution in [0.5, 0.6) is 0 Å². The molecule has 0 unspecified atom stereocenters. The number of nitrogens with zero attached hydrogens (tertiary/aromatic N) is 1. The van der Waals surface area contributed by atoms with Crippen molar-refractivity contribution in [2.24, 2.45) is 0 Å². The van der Waals surface area contributed by atoms with E-state index in [1.807, 2.05) is 30.7 Å². The van der Waals surface area contributed by atoms with Crippen molar-refractivity contribution in [1.82, 2.24) is 4.72 Å². The molecule has 3 rings (SSSR count). The van der Waals surface area contributed by atoms with Gasteiger partial charge in [0.1, 0.15) is 0 Å². The lowest BCUT2D eigenvalue weighted by Gasteiger charge is -2.16. The second-order valence-electron chi connectivity index (χ2n) is 6.75. The van der Waals surface area contributed by atoms with Gasteiger partial charge in [-0.15, -0.1) is 0 Å². The molecule has 0 bridgehead atoms. The van der Waals surface area contributed by atoms with Crippen LogP contribution >= 0.6 is 0 Å². The SMILES string of the molecule is Cc1cc(C)c(NS(C)(=O)=O)c(Cc2ccc(N3C=C(O)NS3(=O)=O)cc2)c1. The molecule has 0 atom stereocenters. The van der Waals surface area contributed by atoms with E-state index in [1.54, 1.807) is 24.3 Å². The molecule has 10 heteroatoms. The molecule has 150 valence electrons. The van der Waals surface area contributed by atoms with E-state index in [-0.39, 0.29) is 0 Å². The number of aliphatic hydroxyl groups is 1. The van der Waals surface area contributed by atoms with Crippen LogP contribution in [0.15, 0.2) is 48.5 Å². The summed E-state index contributed by atoms with van der Waals surface area (Å²) in [7, 11) is -7.26. The summed E-state index contributed by atoms with van der Waals surface area (Å²) in [5, 5.41) is 9.39. The Balaban J connectivity index is 1.91. The van der Waals surface area contributed by atoms with Gasteiger partial charge in [-0.1, -0.05) is 29.8 Å².